The summed E-state index contributed by atoms with van der Waals surface area (Å²) in [5.74, 6) is 0. The predicted molar refractivity (Wildman–Crippen MR) is 69.2 cm³/mol. The molecule has 1 aliphatic carbocycles. The van der Waals surface area contributed by atoms with Gasteiger partial charge in [0.25, 0.3) is 0 Å². The second-order valence-electron chi connectivity index (χ2n) is 6.16. The van der Waals surface area contributed by atoms with Crippen LogP contribution < -0.4 is 0 Å². The highest BCUT2D eigenvalue weighted by molar-refractivity contribution is 4.95. The Labute approximate surface area is 105 Å². The molecule has 1 atom stereocenters. The number of nitrogens with zero attached hydrogens (tertiary/aromatic N) is 2. The van der Waals surface area contributed by atoms with E-state index in [-0.39, 0.29) is 5.60 Å². The molecule has 3 aliphatic rings. The number of hydrogen-bond acceptors (Lipinski definition) is 3. The van der Waals surface area contributed by atoms with Crippen LogP contribution in [0.4, 0.5) is 0 Å². The van der Waals surface area contributed by atoms with Crippen LogP contribution in [0.15, 0.2) is 0 Å². The van der Waals surface area contributed by atoms with Crippen molar-refractivity contribution in [3.63, 3.8) is 0 Å². The molecule has 1 unspecified atom stereocenters. The first kappa shape index (κ1) is 11.9. The number of methoxy groups -OCH3 is 1. The van der Waals surface area contributed by atoms with E-state index in [0.29, 0.717) is 0 Å². The molecule has 0 aromatic heterocycles. The lowest BCUT2D eigenvalue weighted by Crippen LogP contribution is -2.59. The van der Waals surface area contributed by atoms with Crippen LogP contribution in [0.5, 0.6) is 0 Å². The molecule has 3 nitrogen and oxygen atoms in total. The third-order valence-electron chi connectivity index (χ3n) is 5.13. The van der Waals surface area contributed by atoms with Gasteiger partial charge in [-0.3, -0.25) is 9.80 Å². The summed E-state index contributed by atoms with van der Waals surface area (Å²) in [6.07, 6.45) is 8.17. The maximum atomic E-state index is 5.76. The molecule has 0 aromatic rings. The Hall–Kier alpha value is -0.120. The molecule has 0 amide bonds. The van der Waals surface area contributed by atoms with Crippen LogP contribution in [0.1, 0.15) is 38.5 Å². The van der Waals surface area contributed by atoms with Crippen LogP contribution in [-0.4, -0.2) is 61.3 Å². The van der Waals surface area contributed by atoms with Gasteiger partial charge in [0.15, 0.2) is 0 Å². The normalized spacial score (nSPS) is 34.1. The van der Waals surface area contributed by atoms with Gasteiger partial charge < -0.3 is 4.74 Å². The van der Waals surface area contributed by atoms with E-state index < -0.39 is 0 Å². The van der Waals surface area contributed by atoms with Crippen molar-refractivity contribution >= 4 is 0 Å². The maximum Gasteiger partial charge on any atom is 0.0805 e. The number of hydrogen-bond donors (Lipinski definition) is 0. The van der Waals surface area contributed by atoms with E-state index in [1.807, 2.05) is 7.11 Å². The zero-order chi connectivity index (χ0) is 11.7. The Morgan fingerprint density at radius 1 is 1.12 bits per heavy atom. The minimum Gasteiger partial charge on any atom is -0.377 e. The summed E-state index contributed by atoms with van der Waals surface area (Å²) in [7, 11) is 1.90. The van der Waals surface area contributed by atoms with Crippen molar-refractivity contribution in [1.29, 1.82) is 0 Å². The summed E-state index contributed by atoms with van der Waals surface area (Å²) in [6.45, 7) is 6.33. The second kappa shape index (κ2) is 4.87. The molecule has 0 aromatic carbocycles. The summed E-state index contributed by atoms with van der Waals surface area (Å²) >= 11 is 0. The lowest BCUT2D eigenvalue weighted by atomic mass is 9.79. The molecule has 98 valence electrons. The smallest absolute Gasteiger partial charge is 0.0805 e. The Kier molecular flexibility index (Phi) is 3.42. The van der Waals surface area contributed by atoms with Crippen molar-refractivity contribution in [2.75, 3.05) is 39.8 Å². The summed E-state index contributed by atoms with van der Waals surface area (Å²) in [5, 5.41) is 0. The monoisotopic (exact) mass is 238 g/mol. The van der Waals surface area contributed by atoms with E-state index in [1.54, 1.807) is 0 Å². The van der Waals surface area contributed by atoms with E-state index in [2.05, 4.69) is 9.80 Å². The first-order valence-corrected chi connectivity index (χ1v) is 7.33. The first-order chi connectivity index (χ1) is 8.31. The van der Waals surface area contributed by atoms with Crippen LogP contribution in [0.2, 0.25) is 0 Å². The maximum absolute atomic E-state index is 5.76. The van der Waals surface area contributed by atoms with Crippen molar-refractivity contribution in [2.45, 2.75) is 50.2 Å². The molecule has 3 rings (SSSR count). The first-order valence-electron chi connectivity index (χ1n) is 7.33. The van der Waals surface area contributed by atoms with Crippen LogP contribution in [0.25, 0.3) is 0 Å². The van der Waals surface area contributed by atoms with Crippen LogP contribution >= 0.6 is 0 Å². The van der Waals surface area contributed by atoms with Crippen molar-refractivity contribution in [1.82, 2.24) is 9.80 Å². The molecule has 3 fully saturated rings. The largest absolute Gasteiger partial charge is 0.377 e. The number of piperazine rings is 1. The molecule has 0 spiro atoms. The van der Waals surface area contributed by atoms with E-state index in [9.17, 15) is 0 Å². The van der Waals surface area contributed by atoms with Gasteiger partial charge in [0.2, 0.25) is 0 Å². The lowest BCUT2D eigenvalue weighted by molar-refractivity contribution is -0.101. The zero-order valence-corrected chi connectivity index (χ0v) is 11.2. The van der Waals surface area contributed by atoms with Crippen molar-refractivity contribution in [3.05, 3.63) is 0 Å². The van der Waals surface area contributed by atoms with Gasteiger partial charge in [-0.15, -0.1) is 0 Å². The summed E-state index contributed by atoms with van der Waals surface area (Å²) in [6, 6.07) is 0.839. The topological polar surface area (TPSA) is 15.7 Å². The molecule has 2 saturated heterocycles. The Morgan fingerprint density at radius 2 is 2.00 bits per heavy atom. The zero-order valence-electron chi connectivity index (χ0n) is 11.2. The van der Waals surface area contributed by atoms with Gasteiger partial charge >= 0.3 is 0 Å². The van der Waals surface area contributed by atoms with Crippen LogP contribution in [0.3, 0.4) is 0 Å². The number of ether oxygens (including phenoxy) is 1. The molecule has 0 radical (unpaired) electrons. The Bertz CT molecular complexity index is 259. The van der Waals surface area contributed by atoms with Gasteiger partial charge in [-0.25, -0.2) is 0 Å². The van der Waals surface area contributed by atoms with Crippen molar-refractivity contribution < 1.29 is 4.74 Å². The Morgan fingerprint density at radius 3 is 2.71 bits per heavy atom. The number of piperidine rings is 1. The molecule has 3 heteroatoms. The summed E-state index contributed by atoms with van der Waals surface area (Å²) < 4.78 is 5.76. The standard InChI is InChI=1S/C14H26N2O/c1-17-14(6-4-7-14)12-15-9-10-16-8-3-2-5-13(16)11-15/h13H,2-12H2,1H3. The summed E-state index contributed by atoms with van der Waals surface area (Å²) in [5.41, 5.74) is 0.219. The van der Waals surface area contributed by atoms with Gasteiger partial charge in [-0.1, -0.05) is 6.42 Å². The highest BCUT2D eigenvalue weighted by atomic mass is 16.5. The lowest BCUT2D eigenvalue weighted by Gasteiger charge is -2.49. The van der Waals surface area contributed by atoms with E-state index >= 15 is 0 Å². The van der Waals surface area contributed by atoms with Gasteiger partial charge in [0, 0.05) is 39.3 Å². The van der Waals surface area contributed by atoms with Crippen molar-refractivity contribution in [2.24, 2.45) is 0 Å². The SMILES string of the molecule is COC1(CN2CCN3CCCCC3C2)CCC1. The van der Waals surface area contributed by atoms with Crippen LogP contribution in [-0.2, 0) is 4.74 Å². The van der Waals surface area contributed by atoms with Crippen molar-refractivity contribution in [3.8, 4) is 0 Å². The van der Waals surface area contributed by atoms with E-state index in [1.165, 1.54) is 71.2 Å². The molecule has 2 heterocycles. The van der Waals surface area contributed by atoms with Gasteiger partial charge in [-0.2, -0.15) is 0 Å². The third-order valence-corrected chi connectivity index (χ3v) is 5.13. The molecule has 0 bridgehead atoms. The molecule has 17 heavy (non-hydrogen) atoms. The van der Waals surface area contributed by atoms with Gasteiger partial charge in [-0.05, 0) is 38.6 Å². The summed E-state index contributed by atoms with van der Waals surface area (Å²) in [4.78, 5) is 5.37. The minimum absolute atomic E-state index is 0.219. The minimum atomic E-state index is 0.219. The fraction of sp³-hybridized carbons (Fsp3) is 1.00. The third kappa shape index (κ3) is 2.38. The van der Waals surface area contributed by atoms with Gasteiger partial charge in [0.1, 0.15) is 0 Å². The van der Waals surface area contributed by atoms with Gasteiger partial charge in [0.05, 0.1) is 5.60 Å². The predicted octanol–water partition coefficient (Wildman–Crippen LogP) is 1.73. The highest BCUT2D eigenvalue weighted by Gasteiger charge is 2.40. The molecule has 0 N–H and O–H groups in total. The number of rotatable bonds is 3. The second-order valence-corrected chi connectivity index (χ2v) is 6.16. The van der Waals surface area contributed by atoms with E-state index in [4.69, 9.17) is 4.74 Å². The molecule has 2 aliphatic heterocycles. The fourth-order valence-electron chi connectivity index (χ4n) is 3.77. The molecular formula is C14H26N2O. The average Bonchev–Trinajstić information content (AvgIpc) is 2.34. The van der Waals surface area contributed by atoms with Crippen LogP contribution in [0, 0.1) is 0 Å². The van der Waals surface area contributed by atoms with E-state index in [0.717, 1.165) is 6.04 Å². The quantitative estimate of drug-likeness (QED) is 0.744. The Balaban J connectivity index is 1.55. The average molecular weight is 238 g/mol. The molecular weight excluding hydrogens is 212 g/mol. The highest BCUT2D eigenvalue weighted by Crippen LogP contribution is 2.36. The number of fused-ring (bicyclic) bond motifs is 1. The molecule has 1 saturated carbocycles. The fourth-order valence-corrected chi connectivity index (χ4v) is 3.77.